The van der Waals surface area contributed by atoms with E-state index in [2.05, 4.69) is 20.5 Å². The molecule has 6 nitrogen and oxygen atoms in total. The van der Waals surface area contributed by atoms with Gasteiger partial charge in [-0.1, -0.05) is 30.3 Å². The number of nitrogens with one attached hydrogen (secondary N) is 1. The Hall–Kier alpha value is -2.76. The number of carbonyl (C=O) groups excluding carboxylic acids is 1. The quantitative estimate of drug-likeness (QED) is 0.501. The van der Waals surface area contributed by atoms with E-state index in [1.165, 1.54) is 0 Å². The number of carbonyl (C=O) groups is 1. The zero-order chi connectivity index (χ0) is 14.9. The zero-order valence-corrected chi connectivity index (χ0v) is 11.7. The normalized spacial score (nSPS) is 11.0. The van der Waals surface area contributed by atoms with Crippen molar-refractivity contribution in [3.63, 3.8) is 0 Å². The van der Waals surface area contributed by atoms with Crippen LogP contribution in [0.3, 0.4) is 0 Å². The van der Waals surface area contributed by atoms with Crippen molar-refractivity contribution in [3.8, 4) is 0 Å². The molecule has 0 fully saturated rings. The van der Waals surface area contributed by atoms with Crippen LogP contribution in [0.25, 0.3) is 0 Å². The maximum absolute atomic E-state index is 11.7. The zero-order valence-electron chi connectivity index (χ0n) is 11.7. The van der Waals surface area contributed by atoms with Crippen molar-refractivity contribution < 1.29 is 9.53 Å². The van der Waals surface area contributed by atoms with E-state index < -0.39 is 0 Å². The fourth-order valence-electron chi connectivity index (χ4n) is 1.54. The molecule has 6 heteroatoms. The summed E-state index contributed by atoms with van der Waals surface area (Å²) in [5, 5.41) is 4.03. The molecule has 0 spiro atoms. The van der Waals surface area contributed by atoms with Gasteiger partial charge in [0.1, 0.15) is 6.61 Å². The molecular formula is C15H16N4O2. The van der Waals surface area contributed by atoms with E-state index in [4.69, 9.17) is 4.74 Å². The molecule has 1 aromatic heterocycles. The SMILES string of the molecule is C/C(CC(=O)OCc1ccccc1)=N\Nc1ncccn1. The highest BCUT2D eigenvalue weighted by molar-refractivity contribution is 5.97. The summed E-state index contributed by atoms with van der Waals surface area (Å²) in [5.41, 5.74) is 4.23. The van der Waals surface area contributed by atoms with E-state index >= 15 is 0 Å². The number of esters is 1. The first kappa shape index (κ1) is 14.6. The summed E-state index contributed by atoms with van der Waals surface area (Å²) in [6.45, 7) is 2.00. The number of hydrazone groups is 1. The number of hydrogen-bond donors (Lipinski definition) is 1. The minimum Gasteiger partial charge on any atom is -0.461 e. The van der Waals surface area contributed by atoms with E-state index in [-0.39, 0.29) is 19.0 Å². The van der Waals surface area contributed by atoms with E-state index in [1.807, 2.05) is 30.3 Å². The monoisotopic (exact) mass is 284 g/mol. The van der Waals surface area contributed by atoms with Crippen molar-refractivity contribution in [2.45, 2.75) is 20.0 Å². The van der Waals surface area contributed by atoms with Crippen LogP contribution >= 0.6 is 0 Å². The average molecular weight is 284 g/mol. The first-order valence-corrected chi connectivity index (χ1v) is 6.50. The van der Waals surface area contributed by atoms with Crippen LogP contribution in [0.4, 0.5) is 5.95 Å². The molecule has 0 amide bonds. The van der Waals surface area contributed by atoms with E-state index in [1.54, 1.807) is 25.4 Å². The Labute approximate surface area is 122 Å². The average Bonchev–Trinajstić information content (AvgIpc) is 2.53. The summed E-state index contributed by atoms with van der Waals surface area (Å²) >= 11 is 0. The predicted molar refractivity (Wildman–Crippen MR) is 79.6 cm³/mol. The van der Waals surface area contributed by atoms with Crippen molar-refractivity contribution in [3.05, 3.63) is 54.4 Å². The minimum absolute atomic E-state index is 0.118. The number of rotatable bonds is 6. The van der Waals surface area contributed by atoms with E-state index in [9.17, 15) is 4.79 Å². The van der Waals surface area contributed by atoms with Crippen LogP contribution in [0.15, 0.2) is 53.9 Å². The van der Waals surface area contributed by atoms with Crippen LogP contribution in [0.1, 0.15) is 18.9 Å². The minimum atomic E-state index is -0.323. The standard InChI is InChI=1S/C15H16N4O2/c1-12(18-19-15-16-8-5-9-17-15)10-14(20)21-11-13-6-3-2-4-7-13/h2-9H,10-11H2,1H3,(H,16,17,19)/b18-12+. The Morgan fingerprint density at radius 3 is 2.62 bits per heavy atom. The van der Waals surface area contributed by atoms with Gasteiger partial charge in [-0.15, -0.1) is 0 Å². The van der Waals surface area contributed by atoms with Crippen molar-refractivity contribution in [2.24, 2.45) is 5.10 Å². The molecule has 1 heterocycles. The molecule has 0 aliphatic carbocycles. The Balaban J connectivity index is 1.76. The topological polar surface area (TPSA) is 76.5 Å². The molecule has 0 radical (unpaired) electrons. The Kier molecular flexibility index (Phi) is 5.40. The lowest BCUT2D eigenvalue weighted by Gasteiger charge is -2.05. The van der Waals surface area contributed by atoms with Gasteiger partial charge < -0.3 is 4.74 Å². The maximum atomic E-state index is 11.7. The number of ether oxygens (including phenoxy) is 1. The van der Waals surface area contributed by atoms with Crippen molar-refractivity contribution in [1.29, 1.82) is 0 Å². The lowest BCUT2D eigenvalue weighted by Crippen LogP contribution is -2.10. The first-order valence-electron chi connectivity index (χ1n) is 6.50. The van der Waals surface area contributed by atoms with Gasteiger partial charge in [0, 0.05) is 18.1 Å². The van der Waals surface area contributed by atoms with Crippen LogP contribution in [0.2, 0.25) is 0 Å². The lowest BCUT2D eigenvalue weighted by molar-refractivity contribution is -0.143. The summed E-state index contributed by atoms with van der Waals surface area (Å²) in [4.78, 5) is 19.6. The molecule has 0 atom stereocenters. The second kappa shape index (κ2) is 7.74. The molecule has 0 saturated heterocycles. The molecule has 2 aromatic rings. The summed E-state index contributed by atoms with van der Waals surface area (Å²) in [6, 6.07) is 11.2. The molecule has 0 unspecified atom stereocenters. The van der Waals surface area contributed by atoms with Crippen LogP contribution < -0.4 is 5.43 Å². The molecule has 108 valence electrons. The van der Waals surface area contributed by atoms with Gasteiger partial charge in [0.25, 0.3) is 0 Å². The second-order valence-electron chi connectivity index (χ2n) is 4.35. The maximum Gasteiger partial charge on any atom is 0.311 e. The number of aromatic nitrogens is 2. The molecule has 1 aromatic carbocycles. The van der Waals surface area contributed by atoms with Crippen LogP contribution in [-0.2, 0) is 16.1 Å². The number of anilines is 1. The van der Waals surface area contributed by atoms with Gasteiger partial charge in [-0.05, 0) is 18.6 Å². The smallest absolute Gasteiger partial charge is 0.311 e. The third-order valence-electron chi connectivity index (χ3n) is 2.56. The summed E-state index contributed by atoms with van der Waals surface area (Å²) in [7, 11) is 0. The number of hydrogen-bond acceptors (Lipinski definition) is 6. The van der Waals surface area contributed by atoms with Gasteiger partial charge in [0.2, 0.25) is 5.95 Å². The van der Waals surface area contributed by atoms with Crippen LogP contribution in [0, 0.1) is 0 Å². The summed E-state index contributed by atoms with van der Waals surface area (Å²) < 4.78 is 5.17. The van der Waals surface area contributed by atoms with Crippen LogP contribution in [-0.4, -0.2) is 21.6 Å². The van der Waals surface area contributed by atoms with Gasteiger partial charge in [0.05, 0.1) is 6.42 Å². The molecule has 0 aliphatic heterocycles. The molecule has 0 aliphatic rings. The number of benzene rings is 1. The van der Waals surface area contributed by atoms with Crippen molar-refractivity contribution in [1.82, 2.24) is 9.97 Å². The van der Waals surface area contributed by atoms with Gasteiger partial charge >= 0.3 is 5.97 Å². The van der Waals surface area contributed by atoms with E-state index in [0.717, 1.165) is 5.56 Å². The molecule has 1 N–H and O–H groups in total. The third kappa shape index (κ3) is 5.40. The molecule has 0 bridgehead atoms. The number of nitrogens with zero attached hydrogens (tertiary/aromatic N) is 3. The third-order valence-corrected chi connectivity index (χ3v) is 2.56. The van der Waals surface area contributed by atoms with Gasteiger partial charge in [-0.2, -0.15) is 5.10 Å². The largest absolute Gasteiger partial charge is 0.461 e. The molecule has 0 saturated carbocycles. The first-order chi connectivity index (χ1) is 10.2. The highest BCUT2D eigenvalue weighted by Crippen LogP contribution is 2.02. The Bertz CT molecular complexity index is 600. The Morgan fingerprint density at radius 1 is 1.19 bits per heavy atom. The fourth-order valence-corrected chi connectivity index (χ4v) is 1.54. The fraction of sp³-hybridized carbons (Fsp3) is 0.200. The van der Waals surface area contributed by atoms with E-state index in [0.29, 0.717) is 11.7 Å². The van der Waals surface area contributed by atoms with Crippen molar-refractivity contribution >= 4 is 17.6 Å². The van der Waals surface area contributed by atoms with Crippen LogP contribution in [0.5, 0.6) is 0 Å². The predicted octanol–water partition coefficient (Wildman–Crippen LogP) is 2.40. The second-order valence-corrected chi connectivity index (χ2v) is 4.35. The summed E-state index contributed by atoms with van der Waals surface area (Å²) in [5.74, 6) is 0.0605. The lowest BCUT2D eigenvalue weighted by atomic mass is 10.2. The highest BCUT2D eigenvalue weighted by Gasteiger charge is 2.06. The molecule has 2 rings (SSSR count). The molecule has 21 heavy (non-hydrogen) atoms. The van der Waals surface area contributed by atoms with Crippen molar-refractivity contribution in [2.75, 3.05) is 5.43 Å². The Morgan fingerprint density at radius 2 is 1.90 bits per heavy atom. The molecular weight excluding hydrogens is 268 g/mol. The van der Waals surface area contributed by atoms with Gasteiger partial charge in [0.15, 0.2) is 0 Å². The summed E-state index contributed by atoms with van der Waals surface area (Å²) in [6.07, 6.45) is 3.33. The van der Waals surface area contributed by atoms with Gasteiger partial charge in [-0.25, -0.2) is 15.4 Å². The van der Waals surface area contributed by atoms with Gasteiger partial charge in [-0.3, -0.25) is 4.79 Å². The highest BCUT2D eigenvalue weighted by atomic mass is 16.5.